The first-order valence-corrected chi connectivity index (χ1v) is 6.51. The highest BCUT2D eigenvalue weighted by Gasteiger charge is 2.62. The molecule has 0 bridgehead atoms. The second kappa shape index (κ2) is 3.47. The van der Waals surface area contributed by atoms with E-state index in [1.807, 2.05) is 6.92 Å². The Balaban J connectivity index is 2.25. The van der Waals surface area contributed by atoms with Crippen molar-refractivity contribution < 1.29 is 5.11 Å². The van der Waals surface area contributed by atoms with Crippen LogP contribution in [0.5, 0.6) is 0 Å². The molecule has 2 rings (SSSR count). The first kappa shape index (κ1) is 11.9. The molecule has 2 aliphatic rings. The van der Waals surface area contributed by atoms with Gasteiger partial charge in [-0.1, -0.05) is 13.8 Å². The van der Waals surface area contributed by atoms with Crippen molar-refractivity contribution >= 4 is 0 Å². The van der Waals surface area contributed by atoms with Gasteiger partial charge in [-0.3, -0.25) is 0 Å². The summed E-state index contributed by atoms with van der Waals surface area (Å²) in [7, 11) is 0. The van der Waals surface area contributed by atoms with Gasteiger partial charge in [-0.25, -0.2) is 0 Å². The van der Waals surface area contributed by atoms with Crippen molar-refractivity contribution in [3.8, 4) is 6.07 Å². The number of rotatable bonds is 2. The van der Waals surface area contributed by atoms with Gasteiger partial charge in [-0.15, -0.1) is 0 Å². The van der Waals surface area contributed by atoms with Gasteiger partial charge in [-0.05, 0) is 56.8 Å². The SMILES string of the molecule is CC1CCC(C#N)(C(C)(O)C2(C)CC2)CC1. The summed E-state index contributed by atoms with van der Waals surface area (Å²) in [6.07, 6.45) is 6.04. The zero-order valence-electron chi connectivity index (χ0n) is 10.7. The van der Waals surface area contributed by atoms with Gasteiger partial charge in [0.15, 0.2) is 0 Å². The summed E-state index contributed by atoms with van der Waals surface area (Å²) < 4.78 is 0. The Morgan fingerprint density at radius 1 is 1.25 bits per heavy atom. The molecule has 0 heterocycles. The third-order valence-electron chi connectivity index (χ3n) is 5.45. The van der Waals surface area contributed by atoms with Crippen LogP contribution in [0.3, 0.4) is 0 Å². The second-order valence-corrected chi connectivity index (χ2v) is 6.51. The predicted molar refractivity (Wildman–Crippen MR) is 63.6 cm³/mol. The highest BCUT2D eigenvalue weighted by molar-refractivity contribution is 5.19. The van der Waals surface area contributed by atoms with Gasteiger partial charge < -0.3 is 5.11 Å². The molecular formula is C14H23NO. The number of hydrogen-bond donors (Lipinski definition) is 1. The van der Waals surface area contributed by atoms with Gasteiger partial charge in [0.1, 0.15) is 0 Å². The molecule has 2 saturated carbocycles. The van der Waals surface area contributed by atoms with Crippen LogP contribution >= 0.6 is 0 Å². The van der Waals surface area contributed by atoms with Gasteiger partial charge in [0.05, 0.1) is 17.1 Å². The molecule has 0 aromatic heterocycles. The fourth-order valence-electron chi connectivity index (χ4n) is 3.21. The lowest BCUT2D eigenvalue weighted by Crippen LogP contribution is -2.52. The van der Waals surface area contributed by atoms with Gasteiger partial charge in [-0.2, -0.15) is 5.26 Å². The smallest absolute Gasteiger partial charge is 0.0863 e. The quantitative estimate of drug-likeness (QED) is 0.777. The number of aliphatic hydroxyl groups is 1. The number of nitrogens with zero attached hydrogens (tertiary/aromatic N) is 1. The molecule has 1 atom stereocenters. The van der Waals surface area contributed by atoms with Crippen LogP contribution in [0.4, 0.5) is 0 Å². The standard InChI is InChI=1S/C14H23NO/c1-11-4-6-14(10-15,7-5-11)13(3,16)12(2)8-9-12/h11,16H,4-9H2,1-3H3. The van der Waals surface area contributed by atoms with Crippen LogP contribution in [0.2, 0.25) is 0 Å². The molecule has 2 aliphatic carbocycles. The Morgan fingerprint density at radius 3 is 2.12 bits per heavy atom. The van der Waals surface area contributed by atoms with E-state index in [2.05, 4.69) is 19.9 Å². The van der Waals surface area contributed by atoms with Crippen LogP contribution in [-0.4, -0.2) is 10.7 Å². The molecule has 0 aromatic rings. The fraction of sp³-hybridized carbons (Fsp3) is 0.929. The van der Waals surface area contributed by atoms with Crippen molar-refractivity contribution in [1.29, 1.82) is 5.26 Å². The highest BCUT2D eigenvalue weighted by Crippen LogP contribution is 2.62. The number of nitriles is 1. The molecule has 0 spiro atoms. The summed E-state index contributed by atoms with van der Waals surface area (Å²) in [5, 5.41) is 20.4. The molecule has 2 nitrogen and oxygen atoms in total. The molecule has 90 valence electrons. The third-order valence-corrected chi connectivity index (χ3v) is 5.45. The average Bonchev–Trinajstić information content (AvgIpc) is 2.99. The minimum atomic E-state index is -0.811. The van der Waals surface area contributed by atoms with E-state index < -0.39 is 11.0 Å². The molecule has 16 heavy (non-hydrogen) atoms. The summed E-state index contributed by atoms with van der Waals surface area (Å²) in [6, 6.07) is 2.47. The fourth-order valence-corrected chi connectivity index (χ4v) is 3.21. The Labute approximate surface area is 98.7 Å². The van der Waals surface area contributed by atoms with Crippen LogP contribution in [0.1, 0.15) is 59.3 Å². The van der Waals surface area contributed by atoms with Crippen LogP contribution in [0.15, 0.2) is 0 Å². The van der Waals surface area contributed by atoms with E-state index in [4.69, 9.17) is 0 Å². The van der Waals surface area contributed by atoms with Crippen LogP contribution in [0, 0.1) is 28.1 Å². The maximum absolute atomic E-state index is 10.9. The Bertz CT molecular complexity index is 314. The van der Waals surface area contributed by atoms with E-state index in [0.717, 1.165) is 38.5 Å². The summed E-state index contributed by atoms with van der Waals surface area (Å²) in [5.41, 5.74) is -1.32. The second-order valence-electron chi connectivity index (χ2n) is 6.51. The van der Waals surface area contributed by atoms with Gasteiger partial charge >= 0.3 is 0 Å². The van der Waals surface area contributed by atoms with Crippen LogP contribution in [-0.2, 0) is 0 Å². The van der Waals surface area contributed by atoms with Gasteiger partial charge in [0.25, 0.3) is 0 Å². The molecule has 0 amide bonds. The van der Waals surface area contributed by atoms with Crippen molar-refractivity contribution in [1.82, 2.24) is 0 Å². The Morgan fingerprint density at radius 2 is 1.75 bits per heavy atom. The predicted octanol–water partition coefficient (Wildman–Crippen LogP) is 3.26. The van der Waals surface area contributed by atoms with Crippen LogP contribution < -0.4 is 0 Å². The van der Waals surface area contributed by atoms with E-state index >= 15 is 0 Å². The lowest BCUT2D eigenvalue weighted by atomic mass is 9.58. The van der Waals surface area contributed by atoms with Crippen molar-refractivity contribution in [2.75, 3.05) is 0 Å². The first-order chi connectivity index (χ1) is 7.37. The maximum Gasteiger partial charge on any atom is 0.0863 e. The molecule has 2 fully saturated rings. The molecule has 1 N–H and O–H groups in total. The normalized spacial score (nSPS) is 40.8. The van der Waals surface area contributed by atoms with Crippen LogP contribution in [0.25, 0.3) is 0 Å². The lowest BCUT2D eigenvalue weighted by molar-refractivity contribution is -0.111. The van der Waals surface area contributed by atoms with E-state index in [1.165, 1.54) is 0 Å². The summed E-state index contributed by atoms with van der Waals surface area (Å²) in [5.74, 6) is 0.712. The summed E-state index contributed by atoms with van der Waals surface area (Å²) in [6.45, 7) is 6.28. The topological polar surface area (TPSA) is 44.0 Å². The van der Waals surface area contributed by atoms with Crippen molar-refractivity contribution in [2.45, 2.75) is 64.9 Å². The monoisotopic (exact) mass is 221 g/mol. The minimum absolute atomic E-state index is 0.0106. The average molecular weight is 221 g/mol. The van der Waals surface area contributed by atoms with E-state index in [9.17, 15) is 10.4 Å². The van der Waals surface area contributed by atoms with Gasteiger partial charge in [0, 0.05) is 0 Å². The van der Waals surface area contributed by atoms with Crippen molar-refractivity contribution in [2.24, 2.45) is 16.7 Å². The Hall–Kier alpha value is -0.550. The van der Waals surface area contributed by atoms with Crippen molar-refractivity contribution in [3.05, 3.63) is 0 Å². The molecule has 2 heteroatoms. The molecular weight excluding hydrogens is 198 g/mol. The largest absolute Gasteiger partial charge is 0.388 e. The molecule has 0 saturated heterocycles. The first-order valence-electron chi connectivity index (χ1n) is 6.51. The van der Waals surface area contributed by atoms with Crippen molar-refractivity contribution in [3.63, 3.8) is 0 Å². The number of hydrogen-bond acceptors (Lipinski definition) is 2. The van der Waals surface area contributed by atoms with Gasteiger partial charge in [0.2, 0.25) is 0 Å². The summed E-state index contributed by atoms with van der Waals surface area (Å²) >= 11 is 0. The van der Waals surface area contributed by atoms with E-state index in [-0.39, 0.29) is 5.41 Å². The zero-order chi connectivity index (χ0) is 12.0. The summed E-state index contributed by atoms with van der Waals surface area (Å²) in [4.78, 5) is 0. The molecule has 1 unspecified atom stereocenters. The third kappa shape index (κ3) is 1.49. The van der Waals surface area contributed by atoms with E-state index in [0.29, 0.717) is 5.92 Å². The Kier molecular flexibility index (Phi) is 2.58. The zero-order valence-corrected chi connectivity index (χ0v) is 10.7. The molecule has 0 radical (unpaired) electrons. The molecule has 0 aliphatic heterocycles. The highest BCUT2D eigenvalue weighted by atomic mass is 16.3. The minimum Gasteiger partial charge on any atom is -0.388 e. The lowest BCUT2D eigenvalue weighted by Gasteiger charge is -2.47. The van der Waals surface area contributed by atoms with E-state index in [1.54, 1.807) is 0 Å². The maximum atomic E-state index is 10.9. The molecule has 0 aromatic carbocycles.